The van der Waals surface area contributed by atoms with Crippen molar-refractivity contribution in [2.45, 2.75) is 11.8 Å². The van der Waals surface area contributed by atoms with Gasteiger partial charge in [-0.15, -0.1) is 11.8 Å². The zero-order valence-corrected chi connectivity index (χ0v) is 17.7. The van der Waals surface area contributed by atoms with E-state index < -0.39 is 17.1 Å². The first kappa shape index (κ1) is 21.0. The van der Waals surface area contributed by atoms with Gasteiger partial charge in [0.15, 0.2) is 0 Å². The Labute approximate surface area is 178 Å². The Bertz CT molecular complexity index is 1000. The number of thioether (sulfide) groups is 2. The third-order valence-corrected chi connectivity index (χ3v) is 5.71. The summed E-state index contributed by atoms with van der Waals surface area (Å²) >= 11 is 2.41. The fourth-order valence-electron chi connectivity index (χ4n) is 2.74. The van der Waals surface area contributed by atoms with E-state index in [2.05, 4.69) is 5.32 Å². The minimum Gasteiger partial charge on any atom is -0.324 e. The molecule has 148 valence electrons. The van der Waals surface area contributed by atoms with Gasteiger partial charge >= 0.3 is 0 Å². The molecule has 7 heteroatoms. The van der Waals surface area contributed by atoms with Crippen molar-refractivity contribution in [3.63, 3.8) is 0 Å². The van der Waals surface area contributed by atoms with E-state index >= 15 is 0 Å². The number of allylic oxidation sites excluding steroid dienone is 2. The van der Waals surface area contributed by atoms with Gasteiger partial charge in [0.2, 0.25) is 5.91 Å². The van der Waals surface area contributed by atoms with Crippen molar-refractivity contribution >= 4 is 52.3 Å². The molecule has 29 heavy (non-hydrogen) atoms. The van der Waals surface area contributed by atoms with Crippen molar-refractivity contribution in [2.24, 2.45) is 0 Å². The zero-order valence-electron chi connectivity index (χ0n) is 16.0. The number of rotatable bonds is 6. The molecule has 0 aromatic heterocycles. The number of hydrogen-bond donors (Lipinski definition) is 1. The van der Waals surface area contributed by atoms with Crippen LogP contribution in [0, 0.1) is 0 Å². The highest BCUT2D eigenvalue weighted by molar-refractivity contribution is 8.18. The maximum Gasteiger partial charge on any atom is 0.294 e. The van der Waals surface area contributed by atoms with Crippen molar-refractivity contribution in [3.05, 3.63) is 76.7 Å². The summed E-state index contributed by atoms with van der Waals surface area (Å²) < 4.78 is 0. The quantitative estimate of drug-likeness (QED) is 0.520. The summed E-state index contributed by atoms with van der Waals surface area (Å²) in [7, 11) is 0. The number of anilines is 1. The normalized spacial score (nSPS) is 15.9. The molecule has 0 saturated carbocycles. The van der Waals surface area contributed by atoms with Gasteiger partial charge < -0.3 is 5.32 Å². The summed E-state index contributed by atoms with van der Waals surface area (Å²) in [5.74, 6) is -0.864. The Morgan fingerprint density at radius 3 is 2.62 bits per heavy atom. The Balaban J connectivity index is 1.67. The highest BCUT2D eigenvalue weighted by atomic mass is 32.2. The molecule has 1 N–H and O–H groups in total. The molecule has 0 spiro atoms. The second kappa shape index (κ2) is 9.62. The minimum absolute atomic E-state index is 0.313. The van der Waals surface area contributed by atoms with E-state index in [4.69, 9.17) is 0 Å². The molecule has 0 unspecified atom stereocenters. The van der Waals surface area contributed by atoms with Gasteiger partial charge in [0, 0.05) is 10.6 Å². The largest absolute Gasteiger partial charge is 0.324 e. The second-order valence-corrected chi connectivity index (χ2v) is 8.22. The summed E-state index contributed by atoms with van der Waals surface area (Å²) in [6, 6.07) is 17.1. The predicted molar refractivity (Wildman–Crippen MR) is 120 cm³/mol. The van der Waals surface area contributed by atoms with Crippen molar-refractivity contribution in [3.8, 4) is 0 Å². The first-order valence-electron chi connectivity index (χ1n) is 8.89. The lowest BCUT2D eigenvalue weighted by Gasteiger charge is -2.12. The van der Waals surface area contributed by atoms with Crippen LogP contribution in [0.4, 0.5) is 10.5 Å². The number of benzene rings is 2. The minimum atomic E-state index is -0.450. The van der Waals surface area contributed by atoms with Crippen LogP contribution >= 0.6 is 23.5 Å². The molecule has 1 saturated heterocycles. The molecule has 0 atom stereocenters. The van der Waals surface area contributed by atoms with Gasteiger partial charge in [0.1, 0.15) is 6.54 Å². The fourth-order valence-corrected chi connectivity index (χ4v) is 4.09. The highest BCUT2D eigenvalue weighted by Crippen LogP contribution is 2.31. The van der Waals surface area contributed by atoms with E-state index in [-0.39, 0.29) is 6.54 Å². The zero-order chi connectivity index (χ0) is 20.8. The molecule has 0 aliphatic carbocycles. The van der Waals surface area contributed by atoms with Crippen LogP contribution in [0.5, 0.6) is 0 Å². The summed E-state index contributed by atoms with van der Waals surface area (Å²) in [6.07, 6.45) is 5.55. The van der Waals surface area contributed by atoms with Crippen molar-refractivity contribution in [1.29, 1.82) is 0 Å². The van der Waals surface area contributed by atoms with E-state index in [0.29, 0.717) is 10.6 Å². The average Bonchev–Trinajstić information content (AvgIpc) is 2.96. The number of amides is 3. The van der Waals surface area contributed by atoms with Crippen LogP contribution in [0.2, 0.25) is 0 Å². The number of nitrogens with one attached hydrogen (secondary N) is 1. The molecule has 3 rings (SSSR count). The van der Waals surface area contributed by atoms with Crippen LogP contribution in [-0.4, -0.2) is 34.8 Å². The molecule has 1 aliphatic rings. The average molecular weight is 425 g/mol. The number of carbonyl (C=O) groups is 3. The Hall–Kier alpha value is -2.77. The van der Waals surface area contributed by atoms with Crippen LogP contribution < -0.4 is 5.32 Å². The van der Waals surface area contributed by atoms with E-state index in [1.165, 1.54) is 0 Å². The summed E-state index contributed by atoms with van der Waals surface area (Å²) in [5, 5.41) is 2.29. The smallest absolute Gasteiger partial charge is 0.294 e. The maximum absolute atomic E-state index is 12.6. The second-order valence-electron chi connectivity index (χ2n) is 6.35. The van der Waals surface area contributed by atoms with E-state index in [0.717, 1.165) is 32.7 Å². The van der Waals surface area contributed by atoms with Crippen molar-refractivity contribution in [1.82, 2.24) is 4.90 Å². The Morgan fingerprint density at radius 2 is 1.90 bits per heavy atom. The number of carbonyl (C=O) groups excluding carboxylic acids is 3. The molecule has 1 fully saturated rings. The number of hydrogen-bond acceptors (Lipinski definition) is 5. The van der Waals surface area contributed by atoms with Crippen LogP contribution in [0.3, 0.4) is 0 Å². The fraction of sp³-hybridized carbons (Fsp3) is 0.136. The first-order chi connectivity index (χ1) is 14.0. The maximum atomic E-state index is 12.6. The molecule has 3 amide bonds. The summed E-state index contributed by atoms with van der Waals surface area (Å²) in [6.45, 7) is 1.55. The lowest BCUT2D eigenvalue weighted by Crippen LogP contribution is -2.36. The van der Waals surface area contributed by atoms with Gasteiger partial charge in [-0.3, -0.25) is 19.3 Å². The summed E-state index contributed by atoms with van der Waals surface area (Å²) in [4.78, 5) is 39.5. The summed E-state index contributed by atoms with van der Waals surface area (Å²) in [5.41, 5.74) is 2.48. The molecule has 0 radical (unpaired) electrons. The van der Waals surface area contributed by atoms with E-state index in [1.54, 1.807) is 23.9 Å². The molecular formula is C22H20N2O3S2. The molecule has 2 aromatic carbocycles. The Kier molecular flexibility index (Phi) is 6.95. The third kappa shape index (κ3) is 5.62. The highest BCUT2D eigenvalue weighted by Gasteiger charge is 2.36. The van der Waals surface area contributed by atoms with Crippen LogP contribution in [0.15, 0.2) is 76.0 Å². The Morgan fingerprint density at radius 1 is 1.14 bits per heavy atom. The van der Waals surface area contributed by atoms with Crippen LogP contribution in [0.25, 0.3) is 6.08 Å². The standard InChI is InChI=1S/C22H20N2O3S2/c1-15(11-16-7-4-3-5-8-16)12-19-21(26)24(22(27)29-19)14-20(25)23-17-9-6-10-18(13-17)28-2/h3-13H,14H2,1-2H3,(H,23,25)/b15-11+,19-12+. The van der Waals surface area contributed by atoms with Gasteiger partial charge in [0.05, 0.1) is 4.91 Å². The lowest BCUT2D eigenvalue weighted by molar-refractivity contribution is -0.127. The molecule has 2 aromatic rings. The van der Waals surface area contributed by atoms with E-state index in [1.807, 2.05) is 67.8 Å². The molecule has 1 aliphatic heterocycles. The first-order valence-corrected chi connectivity index (χ1v) is 10.9. The number of nitrogens with zero attached hydrogens (tertiary/aromatic N) is 1. The molecular weight excluding hydrogens is 404 g/mol. The SMILES string of the molecule is CSc1cccc(NC(=O)CN2C(=O)S/C(=C/C(C)=C/c3ccccc3)C2=O)c1. The molecule has 1 heterocycles. The van der Waals surface area contributed by atoms with Gasteiger partial charge in [-0.25, -0.2) is 0 Å². The van der Waals surface area contributed by atoms with Crippen LogP contribution in [-0.2, 0) is 9.59 Å². The van der Waals surface area contributed by atoms with Gasteiger partial charge in [-0.2, -0.15) is 0 Å². The third-order valence-electron chi connectivity index (χ3n) is 4.08. The topological polar surface area (TPSA) is 66.5 Å². The van der Waals surface area contributed by atoms with Crippen molar-refractivity contribution < 1.29 is 14.4 Å². The van der Waals surface area contributed by atoms with Crippen LogP contribution in [0.1, 0.15) is 12.5 Å². The molecule has 0 bridgehead atoms. The number of imide groups is 1. The van der Waals surface area contributed by atoms with Gasteiger partial charge in [-0.1, -0.05) is 42.5 Å². The van der Waals surface area contributed by atoms with Gasteiger partial charge in [0.25, 0.3) is 11.1 Å². The van der Waals surface area contributed by atoms with E-state index in [9.17, 15) is 14.4 Å². The van der Waals surface area contributed by atoms with Gasteiger partial charge in [-0.05, 0) is 60.4 Å². The monoisotopic (exact) mass is 424 g/mol. The molecule has 5 nitrogen and oxygen atoms in total. The lowest BCUT2D eigenvalue weighted by atomic mass is 10.1. The predicted octanol–water partition coefficient (Wildman–Crippen LogP) is 5.03. The van der Waals surface area contributed by atoms with Crippen molar-refractivity contribution in [2.75, 3.05) is 18.1 Å².